The van der Waals surface area contributed by atoms with Crippen molar-refractivity contribution in [3.8, 4) is 0 Å². The van der Waals surface area contributed by atoms with Crippen molar-refractivity contribution in [2.75, 3.05) is 0 Å². The molecule has 110 valence electrons. The highest BCUT2D eigenvalue weighted by molar-refractivity contribution is 5.97. The standard InChI is InChI=1S/C20H18O2/c21-18-11-16(14-7-3-1-4-8-14)12-20-17(18)13-19(22-20)15-9-5-2-6-10-15/h1-10,16,19H,11-13H2. The second-order valence-electron chi connectivity index (χ2n) is 6.06. The molecule has 1 aliphatic heterocycles. The second-order valence-corrected chi connectivity index (χ2v) is 6.06. The number of carbonyl (C=O) groups excluding carboxylic acids is 1. The minimum absolute atomic E-state index is 0.00433. The van der Waals surface area contributed by atoms with Crippen molar-refractivity contribution >= 4 is 5.78 Å². The van der Waals surface area contributed by atoms with Gasteiger partial charge < -0.3 is 4.74 Å². The monoisotopic (exact) mass is 290 g/mol. The van der Waals surface area contributed by atoms with E-state index in [0.29, 0.717) is 6.42 Å². The van der Waals surface area contributed by atoms with Gasteiger partial charge in [0.2, 0.25) is 0 Å². The summed E-state index contributed by atoms with van der Waals surface area (Å²) in [6.07, 6.45) is 2.17. The van der Waals surface area contributed by atoms with Gasteiger partial charge in [0.05, 0.1) is 0 Å². The Hall–Kier alpha value is -2.35. The molecular formula is C20H18O2. The van der Waals surface area contributed by atoms with E-state index < -0.39 is 0 Å². The average molecular weight is 290 g/mol. The first kappa shape index (κ1) is 13.3. The molecule has 0 amide bonds. The molecule has 2 unspecified atom stereocenters. The number of benzene rings is 2. The molecular weight excluding hydrogens is 272 g/mol. The first-order valence-electron chi connectivity index (χ1n) is 7.83. The van der Waals surface area contributed by atoms with Crippen molar-refractivity contribution in [1.82, 2.24) is 0 Å². The number of ether oxygens (including phenoxy) is 1. The van der Waals surface area contributed by atoms with Gasteiger partial charge in [-0.2, -0.15) is 0 Å². The lowest BCUT2D eigenvalue weighted by molar-refractivity contribution is -0.116. The van der Waals surface area contributed by atoms with Crippen LogP contribution in [0.4, 0.5) is 0 Å². The van der Waals surface area contributed by atoms with E-state index in [1.54, 1.807) is 0 Å². The first-order chi connectivity index (χ1) is 10.8. The maximum atomic E-state index is 12.5. The molecule has 1 aliphatic carbocycles. The van der Waals surface area contributed by atoms with Crippen LogP contribution in [0.15, 0.2) is 72.0 Å². The molecule has 2 aliphatic rings. The van der Waals surface area contributed by atoms with Crippen LogP contribution in [-0.2, 0) is 9.53 Å². The highest BCUT2D eigenvalue weighted by atomic mass is 16.5. The van der Waals surface area contributed by atoms with Crippen molar-refractivity contribution in [3.63, 3.8) is 0 Å². The van der Waals surface area contributed by atoms with E-state index in [2.05, 4.69) is 24.3 Å². The van der Waals surface area contributed by atoms with Crippen LogP contribution in [0.2, 0.25) is 0 Å². The topological polar surface area (TPSA) is 26.3 Å². The van der Waals surface area contributed by atoms with Crippen molar-refractivity contribution in [3.05, 3.63) is 83.1 Å². The fourth-order valence-corrected chi connectivity index (χ4v) is 3.48. The molecule has 0 spiro atoms. The smallest absolute Gasteiger partial charge is 0.162 e. The van der Waals surface area contributed by atoms with Gasteiger partial charge in [0, 0.05) is 24.8 Å². The second kappa shape index (κ2) is 5.45. The van der Waals surface area contributed by atoms with Crippen LogP contribution in [0.3, 0.4) is 0 Å². The van der Waals surface area contributed by atoms with Crippen molar-refractivity contribution in [2.45, 2.75) is 31.3 Å². The minimum atomic E-state index is 0.00433. The number of ketones is 1. The van der Waals surface area contributed by atoms with E-state index in [1.165, 1.54) is 5.56 Å². The van der Waals surface area contributed by atoms with Gasteiger partial charge in [-0.05, 0) is 17.0 Å². The fourth-order valence-electron chi connectivity index (χ4n) is 3.48. The van der Waals surface area contributed by atoms with Crippen LogP contribution < -0.4 is 0 Å². The van der Waals surface area contributed by atoms with E-state index in [-0.39, 0.29) is 17.8 Å². The predicted octanol–water partition coefficient (Wildman–Crippen LogP) is 4.55. The lowest BCUT2D eigenvalue weighted by Crippen LogP contribution is -2.16. The summed E-state index contributed by atoms with van der Waals surface area (Å²) in [6, 6.07) is 20.5. The molecule has 4 rings (SSSR count). The van der Waals surface area contributed by atoms with E-state index in [0.717, 1.165) is 29.7 Å². The molecule has 0 aromatic heterocycles. The lowest BCUT2D eigenvalue weighted by atomic mass is 9.82. The molecule has 2 heteroatoms. The quantitative estimate of drug-likeness (QED) is 0.811. The maximum absolute atomic E-state index is 12.5. The summed E-state index contributed by atoms with van der Waals surface area (Å²) < 4.78 is 6.13. The number of allylic oxidation sites excluding steroid dienone is 1. The van der Waals surface area contributed by atoms with Crippen molar-refractivity contribution in [2.24, 2.45) is 0 Å². The van der Waals surface area contributed by atoms with Crippen LogP contribution in [0.25, 0.3) is 0 Å². The maximum Gasteiger partial charge on any atom is 0.162 e. The summed E-state index contributed by atoms with van der Waals surface area (Å²) in [5.41, 5.74) is 3.30. The Bertz CT molecular complexity index is 716. The third kappa shape index (κ3) is 2.35. The summed E-state index contributed by atoms with van der Waals surface area (Å²) in [4.78, 5) is 12.5. The van der Waals surface area contributed by atoms with Gasteiger partial charge in [-0.1, -0.05) is 60.7 Å². The Labute approximate surface area is 130 Å². The van der Waals surface area contributed by atoms with Crippen LogP contribution in [0, 0.1) is 0 Å². The third-order valence-corrected chi connectivity index (χ3v) is 4.65. The molecule has 2 nitrogen and oxygen atoms in total. The van der Waals surface area contributed by atoms with Crippen LogP contribution >= 0.6 is 0 Å². The predicted molar refractivity (Wildman–Crippen MR) is 85.3 cm³/mol. The Morgan fingerprint density at radius 3 is 2.09 bits per heavy atom. The van der Waals surface area contributed by atoms with Crippen molar-refractivity contribution in [1.29, 1.82) is 0 Å². The molecule has 0 saturated carbocycles. The Kier molecular flexibility index (Phi) is 3.30. The lowest BCUT2D eigenvalue weighted by Gasteiger charge is -2.22. The van der Waals surface area contributed by atoms with Gasteiger partial charge in [-0.25, -0.2) is 0 Å². The van der Waals surface area contributed by atoms with Gasteiger partial charge >= 0.3 is 0 Å². The van der Waals surface area contributed by atoms with E-state index in [9.17, 15) is 4.79 Å². The average Bonchev–Trinajstić information content (AvgIpc) is 3.01. The van der Waals surface area contributed by atoms with Gasteiger partial charge in [0.1, 0.15) is 11.9 Å². The minimum Gasteiger partial charge on any atom is -0.489 e. The molecule has 0 saturated heterocycles. The first-order valence-corrected chi connectivity index (χ1v) is 7.83. The summed E-state index contributed by atoms with van der Waals surface area (Å²) in [7, 11) is 0. The molecule has 0 fully saturated rings. The molecule has 2 atom stereocenters. The zero-order chi connectivity index (χ0) is 14.9. The number of Topliss-reactive ketones (excluding diaryl/α,β-unsaturated/α-hetero) is 1. The summed E-state index contributed by atoms with van der Waals surface area (Å²) in [6.45, 7) is 0. The summed E-state index contributed by atoms with van der Waals surface area (Å²) >= 11 is 0. The number of rotatable bonds is 2. The molecule has 0 bridgehead atoms. The fraction of sp³-hybridized carbons (Fsp3) is 0.250. The SMILES string of the molecule is O=C1CC(c2ccccc2)CC2=C1CC(c1ccccc1)O2. The molecule has 0 radical (unpaired) electrons. The molecule has 0 N–H and O–H groups in total. The zero-order valence-electron chi connectivity index (χ0n) is 12.4. The van der Waals surface area contributed by atoms with E-state index in [4.69, 9.17) is 4.74 Å². The molecule has 22 heavy (non-hydrogen) atoms. The zero-order valence-corrected chi connectivity index (χ0v) is 12.4. The highest BCUT2D eigenvalue weighted by Gasteiger charge is 2.37. The Balaban J connectivity index is 1.57. The van der Waals surface area contributed by atoms with E-state index in [1.807, 2.05) is 36.4 Å². The number of carbonyl (C=O) groups is 1. The van der Waals surface area contributed by atoms with Crippen molar-refractivity contribution < 1.29 is 9.53 Å². The van der Waals surface area contributed by atoms with Crippen LogP contribution in [0.5, 0.6) is 0 Å². The molecule has 2 aromatic rings. The highest BCUT2D eigenvalue weighted by Crippen LogP contribution is 2.45. The largest absolute Gasteiger partial charge is 0.489 e. The van der Waals surface area contributed by atoms with Gasteiger partial charge in [0.15, 0.2) is 5.78 Å². The normalized spacial score (nSPS) is 24.1. The molecule has 2 aromatic carbocycles. The summed E-state index contributed by atoms with van der Waals surface area (Å²) in [5, 5.41) is 0. The number of hydrogen-bond acceptors (Lipinski definition) is 2. The Morgan fingerprint density at radius 2 is 1.41 bits per heavy atom. The number of hydrogen-bond donors (Lipinski definition) is 0. The van der Waals surface area contributed by atoms with Crippen LogP contribution in [0.1, 0.15) is 42.4 Å². The Morgan fingerprint density at radius 1 is 0.773 bits per heavy atom. The van der Waals surface area contributed by atoms with Gasteiger partial charge in [-0.15, -0.1) is 0 Å². The van der Waals surface area contributed by atoms with Crippen LogP contribution in [-0.4, -0.2) is 5.78 Å². The molecule has 1 heterocycles. The van der Waals surface area contributed by atoms with Gasteiger partial charge in [0.25, 0.3) is 0 Å². The van der Waals surface area contributed by atoms with Gasteiger partial charge in [-0.3, -0.25) is 4.79 Å². The van der Waals surface area contributed by atoms with E-state index >= 15 is 0 Å². The summed E-state index contributed by atoms with van der Waals surface area (Å²) in [5.74, 6) is 1.43. The third-order valence-electron chi connectivity index (χ3n) is 4.65.